The molecule has 6 nitrogen and oxygen atoms in total. The van der Waals surface area contributed by atoms with Gasteiger partial charge in [-0.2, -0.15) is 4.72 Å². The highest BCUT2D eigenvalue weighted by Gasteiger charge is 2.33. The fourth-order valence-electron chi connectivity index (χ4n) is 2.94. The van der Waals surface area contributed by atoms with Gasteiger partial charge in [-0.25, -0.2) is 12.8 Å². The van der Waals surface area contributed by atoms with Gasteiger partial charge in [0.05, 0.1) is 5.69 Å². The maximum atomic E-state index is 13.4. The van der Waals surface area contributed by atoms with Crippen LogP contribution < -0.4 is 15.4 Å². The summed E-state index contributed by atoms with van der Waals surface area (Å²) in [5.41, 5.74) is 3.48. The Morgan fingerprint density at radius 3 is 2.40 bits per heavy atom. The average molecular weight is 363 g/mol. The minimum Gasteiger partial charge on any atom is -0.360 e. The number of hydrogen-bond donors (Lipinski definition) is 3. The van der Waals surface area contributed by atoms with Crippen LogP contribution >= 0.6 is 0 Å². The molecule has 0 spiro atoms. The molecule has 132 valence electrons. The van der Waals surface area contributed by atoms with Crippen molar-refractivity contribution >= 4 is 27.3 Å². The summed E-state index contributed by atoms with van der Waals surface area (Å²) in [7, 11) is -3.91. The van der Waals surface area contributed by atoms with Crippen LogP contribution in [0.4, 0.5) is 15.8 Å². The zero-order valence-corrected chi connectivity index (χ0v) is 14.8. The highest BCUT2D eigenvalue weighted by atomic mass is 32.2. The standard InChI is InChI=1S/C17H18FN3O3S/c1-9-6-10(2)15(11(3)7-9)20-17(22)16-19-13-8-12(18)4-5-14(13)25(23,24)21-16/h4-8,16,19,21H,1-3H3,(H,20,22). The van der Waals surface area contributed by atoms with Gasteiger partial charge in [0.15, 0.2) is 6.17 Å². The highest BCUT2D eigenvalue weighted by Crippen LogP contribution is 2.28. The SMILES string of the molecule is Cc1cc(C)c(NC(=O)C2Nc3cc(F)ccc3S(=O)(=O)N2)c(C)c1. The number of carbonyl (C=O) groups excluding carboxylic acids is 1. The third-order valence-electron chi connectivity index (χ3n) is 3.99. The molecule has 3 N–H and O–H groups in total. The summed E-state index contributed by atoms with van der Waals surface area (Å²) in [6.45, 7) is 5.67. The van der Waals surface area contributed by atoms with Crippen molar-refractivity contribution in [2.75, 3.05) is 10.6 Å². The summed E-state index contributed by atoms with van der Waals surface area (Å²) < 4.78 is 40.2. The third-order valence-corrected chi connectivity index (χ3v) is 5.47. The molecule has 2 aromatic carbocycles. The highest BCUT2D eigenvalue weighted by molar-refractivity contribution is 7.89. The Morgan fingerprint density at radius 2 is 1.76 bits per heavy atom. The van der Waals surface area contributed by atoms with E-state index >= 15 is 0 Å². The molecule has 0 radical (unpaired) electrons. The van der Waals surface area contributed by atoms with Crippen molar-refractivity contribution in [1.29, 1.82) is 0 Å². The Kier molecular flexibility index (Phi) is 4.26. The van der Waals surface area contributed by atoms with E-state index in [9.17, 15) is 17.6 Å². The molecular weight excluding hydrogens is 345 g/mol. The van der Waals surface area contributed by atoms with E-state index in [1.54, 1.807) is 0 Å². The monoisotopic (exact) mass is 363 g/mol. The van der Waals surface area contributed by atoms with Gasteiger partial charge in [0.1, 0.15) is 10.7 Å². The van der Waals surface area contributed by atoms with Crippen LogP contribution in [0.3, 0.4) is 0 Å². The first-order valence-corrected chi connectivity index (χ1v) is 9.13. The van der Waals surface area contributed by atoms with Crippen molar-refractivity contribution in [3.05, 3.63) is 52.8 Å². The summed E-state index contributed by atoms with van der Waals surface area (Å²) in [6, 6.07) is 7.11. The summed E-state index contributed by atoms with van der Waals surface area (Å²) >= 11 is 0. The van der Waals surface area contributed by atoms with Crippen molar-refractivity contribution in [3.8, 4) is 0 Å². The van der Waals surface area contributed by atoms with Crippen molar-refractivity contribution in [3.63, 3.8) is 0 Å². The van der Waals surface area contributed by atoms with Gasteiger partial charge in [-0.1, -0.05) is 17.7 Å². The molecule has 25 heavy (non-hydrogen) atoms. The van der Waals surface area contributed by atoms with Gasteiger partial charge in [-0.3, -0.25) is 4.79 Å². The average Bonchev–Trinajstić information content (AvgIpc) is 2.49. The molecule has 0 bridgehead atoms. The number of rotatable bonds is 2. The lowest BCUT2D eigenvalue weighted by Gasteiger charge is -2.27. The van der Waals surface area contributed by atoms with Crippen LogP contribution in [-0.4, -0.2) is 20.5 Å². The van der Waals surface area contributed by atoms with E-state index in [4.69, 9.17) is 0 Å². The van der Waals surface area contributed by atoms with E-state index in [-0.39, 0.29) is 10.6 Å². The molecule has 1 heterocycles. The van der Waals surface area contributed by atoms with Crippen LogP contribution in [-0.2, 0) is 14.8 Å². The molecule has 1 unspecified atom stereocenters. The first-order valence-electron chi connectivity index (χ1n) is 7.64. The van der Waals surface area contributed by atoms with E-state index in [2.05, 4.69) is 15.4 Å². The number of aryl methyl sites for hydroxylation is 3. The third kappa shape index (κ3) is 3.35. The predicted molar refractivity (Wildman–Crippen MR) is 93.4 cm³/mol. The molecule has 0 saturated carbocycles. The fourth-order valence-corrected chi connectivity index (χ4v) is 4.20. The van der Waals surface area contributed by atoms with Crippen molar-refractivity contribution < 1.29 is 17.6 Å². The van der Waals surface area contributed by atoms with Crippen molar-refractivity contribution in [1.82, 2.24) is 4.72 Å². The van der Waals surface area contributed by atoms with E-state index in [1.165, 1.54) is 0 Å². The Labute approximate surface area is 145 Å². The van der Waals surface area contributed by atoms with Crippen LogP contribution in [0, 0.1) is 26.6 Å². The molecule has 0 saturated heterocycles. The molecule has 1 aliphatic rings. The van der Waals surface area contributed by atoms with Gasteiger partial charge in [-0.15, -0.1) is 0 Å². The molecular formula is C17H18FN3O3S. The van der Waals surface area contributed by atoms with Gasteiger partial charge in [0.25, 0.3) is 5.91 Å². The van der Waals surface area contributed by atoms with Gasteiger partial charge >= 0.3 is 0 Å². The predicted octanol–water partition coefficient (Wildman–Crippen LogP) is 2.42. The molecule has 3 rings (SSSR count). The summed E-state index contributed by atoms with van der Waals surface area (Å²) in [6.07, 6.45) is -1.24. The number of nitrogens with one attached hydrogen (secondary N) is 3. The van der Waals surface area contributed by atoms with Gasteiger partial charge in [-0.05, 0) is 50.1 Å². The zero-order chi connectivity index (χ0) is 18.4. The molecule has 0 aromatic heterocycles. The van der Waals surface area contributed by atoms with Gasteiger partial charge < -0.3 is 10.6 Å². The zero-order valence-electron chi connectivity index (χ0n) is 14.0. The normalized spacial score (nSPS) is 18.2. The van der Waals surface area contributed by atoms with E-state index in [1.807, 2.05) is 32.9 Å². The number of benzene rings is 2. The first-order chi connectivity index (χ1) is 11.7. The Balaban J connectivity index is 1.90. The van der Waals surface area contributed by atoms with Crippen LogP contribution in [0.2, 0.25) is 0 Å². The fraction of sp³-hybridized carbons (Fsp3) is 0.235. The lowest BCUT2D eigenvalue weighted by Crippen LogP contribution is -2.51. The van der Waals surface area contributed by atoms with Crippen LogP contribution in [0.1, 0.15) is 16.7 Å². The minimum absolute atomic E-state index is 0.0521. The van der Waals surface area contributed by atoms with Crippen molar-refractivity contribution in [2.24, 2.45) is 0 Å². The number of carbonyl (C=O) groups is 1. The van der Waals surface area contributed by atoms with Crippen LogP contribution in [0.15, 0.2) is 35.2 Å². The second kappa shape index (κ2) is 6.12. The second-order valence-electron chi connectivity index (χ2n) is 6.10. The number of sulfonamides is 1. The Hall–Kier alpha value is -2.45. The van der Waals surface area contributed by atoms with E-state index in [0.29, 0.717) is 5.69 Å². The second-order valence-corrected chi connectivity index (χ2v) is 7.78. The molecule has 0 fully saturated rings. The molecule has 1 amide bonds. The van der Waals surface area contributed by atoms with Crippen molar-refractivity contribution in [2.45, 2.75) is 31.8 Å². The minimum atomic E-state index is -3.91. The summed E-state index contributed by atoms with van der Waals surface area (Å²) in [4.78, 5) is 12.4. The number of fused-ring (bicyclic) bond motifs is 1. The largest absolute Gasteiger partial charge is 0.360 e. The molecule has 1 aliphatic heterocycles. The maximum absolute atomic E-state index is 13.4. The van der Waals surface area contributed by atoms with E-state index in [0.717, 1.165) is 34.9 Å². The van der Waals surface area contributed by atoms with Gasteiger partial charge in [0.2, 0.25) is 10.0 Å². The summed E-state index contributed by atoms with van der Waals surface area (Å²) in [5, 5.41) is 5.46. The number of anilines is 2. The quantitative estimate of drug-likeness (QED) is 0.765. The van der Waals surface area contributed by atoms with Gasteiger partial charge in [0, 0.05) is 5.69 Å². The summed E-state index contributed by atoms with van der Waals surface area (Å²) in [5.74, 6) is -1.17. The Morgan fingerprint density at radius 1 is 1.12 bits per heavy atom. The topological polar surface area (TPSA) is 87.3 Å². The number of hydrogen-bond acceptors (Lipinski definition) is 4. The van der Waals surface area contributed by atoms with Crippen LogP contribution in [0.5, 0.6) is 0 Å². The molecule has 2 aromatic rings. The van der Waals surface area contributed by atoms with Crippen LogP contribution in [0.25, 0.3) is 0 Å². The maximum Gasteiger partial charge on any atom is 0.262 e. The number of halogens is 1. The first kappa shape index (κ1) is 17.4. The molecule has 8 heteroatoms. The van der Waals surface area contributed by atoms with E-state index < -0.39 is 27.9 Å². The lowest BCUT2D eigenvalue weighted by molar-refractivity contribution is -0.117. The smallest absolute Gasteiger partial charge is 0.262 e. The lowest BCUT2D eigenvalue weighted by atomic mass is 10.1. The number of amides is 1. The molecule has 1 atom stereocenters. The Bertz CT molecular complexity index is 950. The molecule has 0 aliphatic carbocycles.